The Morgan fingerprint density at radius 3 is 1.62 bits per heavy atom. The van der Waals surface area contributed by atoms with E-state index in [9.17, 15) is 0 Å². The number of unbranched alkanes of at least 4 members (excludes halogenated alkanes) is 2. The minimum atomic E-state index is 0.577. The van der Waals surface area contributed by atoms with E-state index in [4.69, 9.17) is 28.4 Å². The Morgan fingerprint density at radius 2 is 1.15 bits per heavy atom. The second kappa shape index (κ2) is 16.3. The van der Waals surface area contributed by atoms with E-state index in [2.05, 4.69) is 34.5 Å². The van der Waals surface area contributed by atoms with Gasteiger partial charge in [0.25, 0.3) is 0 Å². The monoisotopic (exact) mass is 544 g/mol. The van der Waals surface area contributed by atoms with Gasteiger partial charge in [0.2, 0.25) is 11.5 Å². The number of hydrogen-bond donors (Lipinski definition) is 1. The first kappa shape index (κ1) is 30.7. The molecule has 3 rings (SSSR count). The topological polar surface area (TPSA) is 70.7 Å². The van der Waals surface area contributed by atoms with Crippen molar-refractivity contribution in [2.24, 2.45) is 0 Å². The molecule has 1 N–H and O–H groups in total. The van der Waals surface area contributed by atoms with Crippen LogP contribution >= 0.6 is 0 Å². The lowest BCUT2D eigenvalue weighted by Gasteiger charge is -2.30. The van der Waals surface area contributed by atoms with Gasteiger partial charge >= 0.3 is 0 Å². The van der Waals surface area contributed by atoms with Crippen molar-refractivity contribution in [3.8, 4) is 34.5 Å². The third-order valence-electron chi connectivity index (χ3n) is 7.56. The van der Waals surface area contributed by atoms with Gasteiger partial charge in [0.05, 0.1) is 42.7 Å². The van der Waals surface area contributed by atoms with Crippen LogP contribution in [0.5, 0.6) is 34.5 Å². The lowest BCUT2D eigenvalue weighted by Crippen LogP contribution is -2.40. The maximum Gasteiger partial charge on any atom is 0.203 e. The molecule has 1 heterocycles. The number of aryl methyl sites for hydroxylation is 2. The van der Waals surface area contributed by atoms with Gasteiger partial charge < -0.3 is 33.7 Å². The number of benzene rings is 2. The van der Waals surface area contributed by atoms with Crippen molar-refractivity contribution in [3.63, 3.8) is 0 Å². The Balaban J connectivity index is 1.49. The molecule has 218 valence electrons. The predicted molar refractivity (Wildman–Crippen MR) is 156 cm³/mol. The second-order valence-corrected chi connectivity index (χ2v) is 10.0. The van der Waals surface area contributed by atoms with Crippen molar-refractivity contribution in [2.75, 3.05) is 68.8 Å². The van der Waals surface area contributed by atoms with E-state index in [0.29, 0.717) is 17.5 Å². The smallest absolute Gasteiger partial charge is 0.203 e. The fraction of sp³-hybridized carbons (Fsp3) is 0.613. The summed E-state index contributed by atoms with van der Waals surface area (Å²) in [5, 5.41) is 3.65. The van der Waals surface area contributed by atoms with Gasteiger partial charge in [-0.3, -0.25) is 4.90 Å². The molecule has 0 spiro atoms. The summed E-state index contributed by atoms with van der Waals surface area (Å²) in [6, 6.07) is 8.83. The first-order valence-electron chi connectivity index (χ1n) is 14.1. The molecule has 8 heteroatoms. The normalized spacial score (nSPS) is 15.9. The summed E-state index contributed by atoms with van der Waals surface area (Å²) in [4.78, 5) is 2.70. The van der Waals surface area contributed by atoms with Crippen molar-refractivity contribution in [1.29, 1.82) is 0 Å². The van der Waals surface area contributed by atoms with Crippen LogP contribution in [0.2, 0.25) is 0 Å². The molecule has 0 aromatic heterocycles. The van der Waals surface area contributed by atoms with E-state index in [-0.39, 0.29) is 0 Å². The number of hydrogen-bond acceptors (Lipinski definition) is 8. The molecular formula is C31H48N2O6. The first-order valence-corrected chi connectivity index (χ1v) is 14.1. The molecule has 1 saturated heterocycles. The van der Waals surface area contributed by atoms with Crippen LogP contribution in [0.25, 0.3) is 0 Å². The molecule has 2 aromatic rings. The highest BCUT2D eigenvalue weighted by molar-refractivity contribution is 5.54. The molecule has 0 bridgehead atoms. The van der Waals surface area contributed by atoms with E-state index < -0.39 is 0 Å². The van der Waals surface area contributed by atoms with Crippen LogP contribution in [0.1, 0.15) is 49.7 Å². The van der Waals surface area contributed by atoms with Crippen LogP contribution in [-0.4, -0.2) is 79.8 Å². The highest BCUT2D eigenvalue weighted by Gasteiger charge is 2.20. The van der Waals surface area contributed by atoms with E-state index in [1.54, 1.807) is 42.7 Å². The standard InChI is InChI=1S/C31H48N2O6/c1-34-26-18-23(19-27(35-2)30(26)38-5)12-7-8-14-25-22-32-15-11-17-33(25)16-10-9-13-24-20-28(36-3)31(39-6)29(21-24)37-4/h18-21,25,32H,7-17,22H2,1-6H3. The van der Waals surface area contributed by atoms with Crippen molar-refractivity contribution in [3.05, 3.63) is 35.4 Å². The molecule has 2 aromatic carbocycles. The van der Waals surface area contributed by atoms with E-state index in [0.717, 1.165) is 74.9 Å². The Kier molecular flexibility index (Phi) is 12.8. The van der Waals surface area contributed by atoms with Crippen LogP contribution in [-0.2, 0) is 12.8 Å². The summed E-state index contributed by atoms with van der Waals surface area (Å²) in [6.45, 7) is 4.46. The molecule has 1 fully saturated rings. The highest BCUT2D eigenvalue weighted by atomic mass is 16.5. The molecule has 0 radical (unpaired) electrons. The highest BCUT2D eigenvalue weighted by Crippen LogP contribution is 2.39. The van der Waals surface area contributed by atoms with Crippen LogP contribution in [0.3, 0.4) is 0 Å². The fourth-order valence-electron chi connectivity index (χ4n) is 5.48. The number of nitrogens with zero attached hydrogens (tertiary/aromatic N) is 1. The molecule has 39 heavy (non-hydrogen) atoms. The van der Waals surface area contributed by atoms with Gasteiger partial charge in [-0.15, -0.1) is 0 Å². The van der Waals surface area contributed by atoms with E-state index >= 15 is 0 Å². The third kappa shape index (κ3) is 8.57. The Morgan fingerprint density at radius 1 is 0.667 bits per heavy atom. The molecule has 8 nitrogen and oxygen atoms in total. The Bertz CT molecular complexity index is 885. The van der Waals surface area contributed by atoms with Crippen molar-refractivity contribution >= 4 is 0 Å². The van der Waals surface area contributed by atoms with Crippen LogP contribution < -0.4 is 33.7 Å². The lowest BCUT2D eigenvalue weighted by atomic mass is 10.0. The van der Waals surface area contributed by atoms with Crippen molar-refractivity contribution in [2.45, 2.75) is 57.4 Å². The van der Waals surface area contributed by atoms with Gasteiger partial charge in [-0.05, 0) is 100.0 Å². The van der Waals surface area contributed by atoms with Gasteiger partial charge in [-0.25, -0.2) is 0 Å². The molecule has 1 aliphatic rings. The molecule has 1 unspecified atom stereocenters. The average Bonchev–Trinajstić information content (AvgIpc) is 3.20. The SMILES string of the molecule is COc1cc(CCCCC2CNCCCN2CCCCc2cc(OC)c(OC)c(OC)c2)cc(OC)c1OC. The number of methoxy groups -OCH3 is 6. The summed E-state index contributed by atoms with van der Waals surface area (Å²) in [5.41, 5.74) is 2.43. The summed E-state index contributed by atoms with van der Waals surface area (Å²) >= 11 is 0. The van der Waals surface area contributed by atoms with Crippen LogP contribution in [0.4, 0.5) is 0 Å². The minimum absolute atomic E-state index is 0.577. The van der Waals surface area contributed by atoms with Crippen molar-refractivity contribution in [1.82, 2.24) is 10.2 Å². The number of nitrogens with one attached hydrogen (secondary N) is 1. The zero-order valence-electron chi connectivity index (χ0n) is 24.8. The maximum atomic E-state index is 5.52. The summed E-state index contributed by atoms with van der Waals surface area (Å²) < 4.78 is 33.0. The van der Waals surface area contributed by atoms with E-state index in [1.807, 2.05) is 0 Å². The van der Waals surface area contributed by atoms with Gasteiger partial charge in [0, 0.05) is 12.6 Å². The average molecular weight is 545 g/mol. The molecule has 1 aliphatic heterocycles. The minimum Gasteiger partial charge on any atom is -0.493 e. The van der Waals surface area contributed by atoms with Crippen molar-refractivity contribution < 1.29 is 28.4 Å². The largest absolute Gasteiger partial charge is 0.493 e. The fourth-order valence-corrected chi connectivity index (χ4v) is 5.48. The van der Waals surface area contributed by atoms with E-state index in [1.165, 1.54) is 36.8 Å². The summed E-state index contributed by atoms with van der Waals surface area (Å²) in [6.07, 6.45) is 8.98. The summed E-state index contributed by atoms with van der Waals surface area (Å²) in [5.74, 6) is 4.17. The lowest BCUT2D eigenvalue weighted by molar-refractivity contribution is 0.192. The predicted octanol–water partition coefficient (Wildman–Crippen LogP) is 5.14. The molecule has 1 atom stereocenters. The number of rotatable bonds is 16. The van der Waals surface area contributed by atoms with Gasteiger partial charge in [0.1, 0.15) is 0 Å². The zero-order valence-corrected chi connectivity index (χ0v) is 24.8. The Labute approximate surface area is 234 Å². The number of ether oxygens (including phenoxy) is 6. The van der Waals surface area contributed by atoms with Gasteiger partial charge in [-0.1, -0.05) is 6.42 Å². The van der Waals surface area contributed by atoms with Gasteiger partial charge in [-0.2, -0.15) is 0 Å². The molecular weight excluding hydrogens is 496 g/mol. The maximum absolute atomic E-state index is 5.52. The van der Waals surface area contributed by atoms with Crippen LogP contribution in [0.15, 0.2) is 24.3 Å². The molecule has 0 amide bonds. The second-order valence-electron chi connectivity index (χ2n) is 10.0. The quantitative estimate of drug-likeness (QED) is 0.292. The molecule has 0 aliphatic carbocycles. The zero-order chi connectivity index (χ0) is 28.0. The third-order valence-corrected chi connectivity index (χ3v) is 7.56. The van der Waals surface area contributed by atoms with Gasteiger partial charge in [0.15, 0.2) is 23.0 Å². The summed E-state index contributed by atoms with van der Waals surface area (Å²) in [7, 11) is 9.94. The Hall–Kier alpha value is -2.84. The van der Waals surface area contributed by atoms with Crippen LogP contribution in [0, 0.1) is 0 Å². The molecule has 0 saturated carbocycles. The first-order chi connectivity index (χ1) is 19.1.